The maximum absolute atomic E-state index is 10.8. The van der Waals surface area contributed by atoms with E-state index in [0.717, 1.165) is 19.3 Å². The van der Waals surface area contributed by atoms with E-state index in [1.54, 1.807) is 0 Å². The molecule has 0 radical (unpaired) electrons. The first kappa shape index (κ1) is 10.7. The van der Waals surface area contributed by atoms with Crippen molar-refractivity contribution >= 4 is 5.97 Å². The molecule has 0 aliphatic carbocycles. The van der Waals surface area contributed by atoms with E-state index in [4.69, 9.17) is 5.26 Å². The molecule has 0 fully saturated rings. The summed E-state index contributed by atoms with van der Waals surface area (Å²) in [5.74, 6) is -0.603. The molecule has 0 aromatic heterocycles. The Balaban J connectivity index is 3.59. The highest BCUT2D eigenvalue weighted by Gasteiger charge is 2.06. The summed E-state index contributed by atoms with van der Waals surface area (Å²) in [6, 6.07) is 0. The van der Waals surface area contributed by atoms with Gasteiger partial charge in [-0.15, -0.1) is 5.26 Å². The van der Waals surface area contributed by atoms with Crippen molar-refractivity contribution in [1.82, 2.24) is 0 Å². The van der Waals surface area contributed by atoms with Crippen molar-refractivity contribution in [2.45, 2.75) is 32.6 Å². The van der Waals surface area contributed by atoms with E-state index in [0.29, 0.717) is 12.0 Å². The predicted octanol–water partition coefficient (Wildman–Crippen LogP) is 2.15. The Hall–Kier alpha value is -1.30. The van der Waals surface area contributed by atoms with E-state index in [2.05, 4.69) is 18.2 Å². The van der Waals surface area contributed by atoms with Gasteiger partial charge in [-0.1, -0.05) is 26.3 Å². The number of hydrogen-bond donors (Lipinski definition) is 0. The topological polar surface area (TPSA) is 50.1 Å². The lowest BCUT2D eigenvalue weighted by Crippen LogP contribution is -2.02. The first-order chi connectivity index (χ1) is 5.72. The summed E-state index contributed by atoms with van der Waals surface area (Å²) < 4.78 is 4.10. The molecule has 0 atom stereocenters. The Morgan fingerprint density at radius 2 is 2.25 bits per heavy atom. The molecule has 3 nitrogen and oxygen atoms in total. The minimum atomic E-state index is -0.603. The van der Waals surface area contributed by atoms with Gasteiger partial charge >= 0.3 is 5.97 Å². The van der Waals surface area contributed by atoms with Crippen molar-refractivity contribution in [2.24, 2.45) is 0 Å². The second-order valence-electron chi connectivity index (χ2n) is 2.54. The summed E-state index contributed by atoms with van der Waals surface area (Å²) in [5, 5.41) is 8.02. The van der Waals surface area contributed by atoms with Gasteiger partial charge in [-0.3, -0.25) is 0 Å². The Morgan fingerprint density at radius 1 is 1.58 bits per heavy atom. The van der Waals surface area contributed by atoms with Crippen LogP contribution in [-0.2, 0) is 9.53 Å². The second kappa shape index (κ2) is 6.41. The van der Waals surface area contributed by atoms with E-state index in [-0.39, 0.29) is 0 Å². The van der Waals surface area contributed by atoms with Crippen LogP contribution < -0.4 is 0 Å². The zero-order chi connectivity index (χ0) is 9.40. The molecule has 0 amide bonds. The van der Waals surface area contributed by atoms with Gasteiger partial charge in [-0.25, -0.2) is 4.79 Å². The molecule has 0 aliphatic rings. The lowest BCUT2D eigenvalue weighted by atomic mass is 10.1. The zero-order valence-electron chi connectivity index (χ0n) is 7.30. The van der Waals surface area contributed by atoms with Gasteiger partial charge < -0.3 is 4.74 Å². The van der Waals surface area contributed by atoms with Gasteiger partial charge in [0.2, 0.25) is 0 Å². The Bertz CT molecular complexity index is 203. The lowest BCUT2D eigenvalue weighted by molar-refractivity contribution is -0.132. The van der Waals surface area contributed by atoms with Crippen LogP contribution >= 0.6 is 0 Å². The average molecular weight is 167 g/mol. The molecule has 12 heavy (non-hydrogen) atoms. The lowest BCUT2D eigenvalue weighted by Gasteiger charge is -1.99. The van der Waals surface area contributed by atoms with Gasteiger partial charge in [0.15, 0.2) is 0 Å². The van der Waals surface area contributed by atoms with Gasteiger partial charge in [-0.05, 0) is 12.8 Å². The fraction of sp³-hybridized carbons (Fsp3) is 0.556. The summed E-state index contributed by atoms with van der Waals surface area (Å²) in [4.78, 5) is 10.8. The number of nitriles is 1. The smallest absolute Gasteiger partial charge is 0.347 e. The third kappa shape index (κ3) is 4.51. The number of esters is 1. The summed E-state index contributed by atoms with van der Waals surface area (Å²) in [6.45, 7) is 5.60. The van der Waals surface area contributed by atoms with E-state index in [1.165, 1.54) is 6.26 Å². The van der Waals surface area contributed by atoms with Crippen molar-refractivity contribution in [3.8, 4) is 6.26 Å². The molecule has 3 heteroatoms. The minimum absolute atomic E-state index is 0.380. The van der Waals surface area contributed by atoms with Crippen molar-refractivity contribution in [3.63, 3.8) is 0 Å². The molecule has 0 heterocycles. The third-order valence-electron chi connectivity index (χ3n) is 1.51. The number of unbranched alkanes of at least 4 members (excludes halogenated alkanes) is 2. The molecular formula is C9H13NO2. The van der Waals surface area contributed by atoms with Gasteiger partial charge in [0.25, 0.3) is 6.26 Å². The van der Waals surface area contributed by atoms with Crippen LogP contribution in [0.1, 0.15) is 32.6 Å². The van der Waals surface area contributed by atoms with Crippen molar-refractivity contribution in [1.29, 1.82) is 5.26 Å². The average Bonchev–Trinajstić information content (AvgIpc) is 2.05. The molecule has 0 rings (SSSR count). The minimum Gasteiger partial charge on any atom is -0.347 e. The molecule has 0 bridgehead atoms. The van der Waals surface area contributed by atoms with Crippen LogP contribution in [0.15, 0.2) is 12.2 Å². The molecule has 0 saturated heterocycles. The van der Waals surface area contributed by atoms with Crippen LogP contribution in [-0.4, -0.2) is 5.97 Å². The Kier molecular flexibility index (Phi) is 5.72. The number of hydrogen-bond acceptors (Lipinski definition) is 3. The second-order valence-corrected chi connectivity index (χ2v) is 2.54. The predicted molar refractivity (Wildman–Crippen MR) is 45.0 cm³/mol. The zero-order valence-corrected chi connectivity index (χ0v) is 7.30. The van der Waals surface area contributed by atoms with Crippen LogP contribution in [0.2, 0.25) is 0 Å². The standard InChI is InChI=1S/C9H13NO2/c1-3-4-5-6-8(2)9(11)12-7-10/h2-6H2,1H3. The molecule has 0 aromatic rings. The van der Waals surface area contributed by atoms with Crippen molar-refractivity contribution < 1.29 is 9.53 Å². The highest BCUT2D eigenvalue weighted by Crippen LogP contribution is 2.07. The third-order valence-corrected chi connectivity index (χ3v) is 1.51. The van der Waals surface area contributed by atoms with Crippen molar-refractivity contribution in [2.75, 3.05) is 0 Å². The Morgan fingerprint density at radius 3 is 2.75 bits per heavy atom. The quantitative estimate of drug-likeness (QED) is 0.273. The van der Waals surface area contributed by atoms with Crippen LogP contribution in [0.25, 0.3) is 0 Å². The van der Waals surface area contributed by atoms with Crippen LogP contribution in [0.3, 0.4) is 0 Å². The van der Waals surface area contributed by atoms with Crippen LogP contribution in [0.5, 0.6) is 0 Å². The molecule has 0 unspecified atom stereocenters. The number of rotatable bonds is 5. The first-order valence-corrected chi connectivity index (χ1v) is 4.00. The fourth-order valence-corrected chi connectivity index (χ4v) is 0.804. The summed E-state index contributed by atoms with van der Waals surface area (Å²) >= 11 is 0. The number of nitrogens with zero attached hydrogens (tertiary/aromatic N) is 1. The number of ether oxygens (including phenoxy) is 1. The van der Waals surface area contributed by atoms with Gasteiger partial charge in [0.1, 0.15) is 0 Å². The van der Waals surface area contributed by atoms with E-state index in [1.807, 2.05) is 0 Å². The van der Waals surface area contributed by atoms with E-state index >= 15 is 0 Å². The highest BCUT2D eigenvalue weighted by molar-refractivity contribution is 5.88. The van der Waals surface area contributed by atoms with Crippen LogP contribution in [0, 0.1) is 11.5 Å². The maximum atomic E-state index is 10.8. The van der Waals surface area contributed by atoms with Crippen LogP contribution in [0.4, 0.5) is 0 Å². The molecule has 66 valence electrons. The number of carbonyl (C=O) groups excluding carboxylic acids is 1. The van der Waals surface area contributed by atoms with Crippen molar-refractivity contribution in [3.05, 3.63) is 12.2 Å². The largest absolute Gasteiger partial charge is 0.348 e. The van der Waals surface area contributed by atoms with E-state index in [9.17, 15) is 4.79 Å². The summed E-state index contributed by atoms with van der Waals surface area (Å²) in [6.07, 6.45) is 5.04. The molecule has 0 spiro atoms. The monoisotopic (exact) mass is 167 g/mol. The number of carbonyl (C=O) groups is 1. The molecule has 0 N–H and O–H groups in total. The molecular weight excluding hydrogens is 154 g/mol. The van der Waals surface area contributed by atoms with Gasteiger partial charge in [0, 0.05) is 5.57 Å². The molecule has 0 aromatic carbocycles. The molecule has 0 saturated carbocycles. The highest BCUT2D eigenvalue weighted by atomic mass is 16.5. The SMILES string of the molecule is C=C(CCCCC)C(=O)OC#N. The summed E-state index contributed by atoms with van der Waals surface area (Å²) in [7, 11) is 0. The maximum Gasteiger partial charge on any atom is 0.348 e. The normalized spacial score (nSPS) is 8.67. The van der Waals surface area contributed by atoms with E-state index < -0.39 is 5.97 Å². The fourth-order valence-electron chi connectivity index (χ4n) is 0.804. The Labute approximate surface area is 72.6 Å². The summed E-state index contributed by atoms with van der Waals surface area (Å²) in [5.41, 5.74) is 0.380. The first-order valence-electron chi connectivity index (χ1n) is 4.00. The van der Waals surface area contributed by atoms with Gasteiger partial charge in [0.05, 0.1) is 0 Å². The molecule has 0 aliphatic heterocycles. The van der Waals surface area contributed by atoms with Gasteiger partial charge in [-0.2, -0.15) is 0 Å².